The monoisotopic (exact) mass is 468 g/mol. The number of hydrogen-bond acceptors (Lipinski definition) is 7. The molecule has 0 radical (unpaired) electrons. The molecule has 0 aromatic heterocycles. The molecule has 0 bridgehead atoms. The summed E-state index contributed by atoms with van der Waals surface area (Å²) in [5.74, 6) is -0.0333. The number of aliphatic hydroxyl groups is 1. The second-order valence-electron chi connectivity index (χ2n) is 8.29. The number of likely N-dealkylation sites (tertiary alicyclic amines) is 1. The van der Waals surface area contributed by atoms with Gasteiger partial charge in [-0.1, -0.05) is 25.1 Å². The van der Waals surface area contributed by atoms with Gasteiger partial charge in [0.1, 0.15) is 11.5 Å². The molecule has 1 aliphatic rings. The predicted octanol–water partition coefficient (Wildman–Crippen LogP) is 3.48. The highest BCUT2D eigenvalue weighted by atomic mass is 16.5. The van der Waals surface area contributed by atoms with E-state index in [1.165, 1.54) is 19.1 Å². The number of methoxy groups -OCH3 is 2. The van der Waals surface area contributed by atoms with Crippen LogP contribution in [-0.2, 0) is 9.59 Å². The van der Waals surface area contributed by atoms with Crippen molar-refractivity contribution in [3.63, 3.8) is 0 Å². The van der Waals surface area contributed by atoms with E-state index in [0.717, 1.165) is 6.42 Å². The number of likely N-dealkylation sites (N-methyl/N-ethyl adjacent to an activating group) is 1. The first-order valence-electron chi connectivity index (χ1n) is 11.2. The second-order valence-corrected chi connectivity index (χ2v) is 8.29. The Labute approximate surface area is 200 Å². The van der Waals surface area contributed by atoms with Gasteiger partial charge in [-0.3, -0.25) is 9.59 Å². The van der Waals surface area contributed by atoms with Crippen LogP contribution in [0.4, 0.5) is 0 Å². The topological polar surface area (TPSA) is 88.5 Å². The lowest BCUT2D eigenvalue weighted by atomic mass is 9.95. The smallest absolute Gasteiger partial charge is 0.295 e. The van der Waals surface area contributed by atoms with Gasteiger partial charge in [-0.15, -0.1) is 0 Å². The minimum absolute atomic E-state index is 0.0290. The molecule has 3 rings (SSSR count). The van der Waals surface area contributed by atoms with Crippen LogP contribution >= 0.6 is 0 Å². The van der Waals surface area contributed by atoms with Gasteiger partial charge in [-0.25, -0.2) is 0 Å². The van der Waals surface area contributed by atoms with Crippen LogP contribution in [0.5, 0.6) is 17.2 Å². The summed E-state index contributed by atoms with van der Waals surface area (Å²) in [6.45, 7) is 3.41. The summed E-state index contributed by atoms with van der Waals surface area (Å²) in [5.41, 5.74) is 1.06. The Hall–Kier alpha value is -3.52. The summed E-state index contributed by atoms with van der Waals surface area (Å²) in [5, 5.41) is 11.2. The van der Waals surface area contributed by atoms with Crippen molar-refractivity contribution in [2.45, 2.75) is 19.4 Å². The zero-order valence-electron chi connectivity index (χ0n) is 20.3. The van der Waals surface area contributed by atoms with Crippen molar-refractivity contribution in [3.05, 3.63) is 59.2 Å². The second kappa shape index (κ2) is 11.1. The van der Waals surface area contributed by atoms with Gasteiger partial charge in [0.2, 0.25) is 0 Å². The molecule has 1 aliphatic heterocycles. The lowest BCUT2D eigenvalue weighted by Gasteiger charge is -2.27. The number of aliphatic hydroxyl groups excluding tert-OH is 1. The molecule has 0 aliphatic carbocycles. The standard InChI is InChI=1S/C26H32N2O6/c1-6-14-34-20-11-10-17(16-21(20)33-5)23-22(24(29)18-8-7-9-19(15-18)32-4)25(30)26(31)28(23)13-12-27(2)3/h7-11,15-16,23,29H,6,12-14H2,1-5H3/t23-/m1/s1. The van der Waals surface area contributed by atoms with Crippen molar-refractivity contribution in [1.82, 2.24) is 9.80 Å². The quantitative estimate of drug-likeness (QED) is 0.324. The normalized spacial score (nSPS) is 17.4. The molecular weight excluding hydrogens is 436 g/mol. The molecule has 1 amide bonds. The molecule has 1 saturated heterocycles. The molecule has 182 valence electrons. The fraction of sp³-hybridized carbons (Fsp3) is 0.385. The molecule has 2 aromatic rings. The maximum Gasteiger partial charge on any atom is 0.295 e. The number of carbonyl (C=O) groups is 2. The van der Waals surface area contributed by atoms with Crippen LogP contribution in [0.2, 0.25) is 0 Å². The Bertz CT molecular complexity index is 1080. The molecular formula is C26H32N2O6. The minimum Gasteiger partial charge on any atom is -0.507 e. The largest absolute Gasteiger partial charge is 0.507 e. The SMILES string of the molecule is CCCOc1ccc([C@@H]2C(=C(O)c3cccc(OC)c3)C(=O)C(=O)N2CCN(C)C)cc1OC. The van der Waals surface area contributed by atoms with Gasteiger partial charge in [0, 0.05) is 18.7 Å². The summed E-state index contributed by atoms with van der Waals surface area (Å²) in [7, 11) is 6.85. The van der Waals surface area contributed by atoms with Crippen molar-refractivity contribution in [2.24, 2.45) is 0 Å². The molecule has 1 N–H and O–H groups in total. The zero-order valence-corrected chi connectivity index (χ0v) is 20.3. The summed E-state index contributed by atoms with van der Waals surface area (Å²) in [6, 6.07) is 11.3. The first kappa shape index (κ1) is 25.1. The predicted molar refractivity (Wildman–Crippen MR) is 129 cm³/mol. The van der Waals surface area contributed by atoms with Crippen molar-refractivity contribution in [1.29, 1.82) is 0 Å². The minimum atomic E-state index is -0.778. The fourth-order valence-corrected chi connectivity index (χ4v) is 3.88. The Morgan fingerprint density at radius 3 is 2.47 bits per heavy atom. The van der Waals surface area contributed by atoms with E-state index >= 15 is 0 Å². The highest BCUT2D eigenvalue weighted by Gasteiger charge is 2.46. The molecule has 0 saturated carbocycles. The van der Waals surface area contributed by atoms with Crippen molar-refractivity contribution in [3.8, 4) is 17.2 Å². The van der Waals surface area contributed by atoms with Gasteiger partial charge in [0.25, 0.3) is 11.7 Å². The first-order chi connectivity index (χ1) is 16.3. The number of ketones is 1. The Morgan fingerprint density at radius 2 is 1.82 bits per heavy atom. The Kier molecular flexibility index (Phi) is 8.17. The van der Waals surface area contributed by atoms with Crippen LogP contribution in [-0.4, -0.2) is 74.6 Å². The fourth-order valence-electron chi connectivity index (χ4n) is 3.88. The van der Waals surface area contributed by atoms with Crippen LogP contribution in [0.25, 0.3) is 5.76 Å². The molecule has 1 fully saturated rings. The summed E-state index contributed by atoms with van der Waals surface area (Å²) < 4.78 is 16.5. The highest BCUT2D eigenvalue weighted by Crippen LogP contribution is 2.42. The average molecular weight is 469 g/mol. The van der Waals surface area contributed by atoms with Crippen LogP contribution < -0.4 is 14.2 Å². The zero-order chi connectivity index (χ0) is 24.8. The number of carbonyl (C=O) groups excluding carboxylic acids is 2. The molecule has 2 aromatic carbocycles. The van der Waals surface area contributed by atoms with Crippen LogP contribution in [0.1, 0.15) is 30.5 Å². The Balaban J connectivity index is 2.15. The highest BCUT2D eigenvalue weighted by molar-refractivity contribution is 6.46. The molecule has 8 heteroatoms. The maximum atomic E-state index is 13.2. The lowest BCUT2D eigenvalue weighted by Crippen LogP contribution is -2.35. The van der Waals surface area contributed by atoms with Crippen molar-refractivity contribution >= 4 is 17.4 Å². The van der Waals surface area contributed by atoms with Gasteiger partial charge >= 0.3 is 0 Å². The van der Waals surface area contributed by atoms with Gasteiger partial charge < -0.3 is 29.1 Å². The summed E-state index contributed by atoms with van der Waals surface area (Å²) in [6.07, 6.45) is 0.843. The molecule has 8 nitrogen and oxygen atoms in total. The van der Waals surface area contributed by atoms with E-state index in [-0.39, 0.29) is 11.3 Å². The van der Waals surface area contributed by atoms with Gasteiger partial charge in [-0.2, -0.15) is 0 Å². The van der Waals surface area contributed by atoms with Crippen LogP contribution in [0.15, 0.2) is 48.0 Å². The van der Waals surface area contributed by atoms with E-state index in [9.17, 15) is 14.7 Å². The molecule has 1 heterocycles. The van der Waals surface area contributed by atoms with E-state index in [4.69, 9.17) is 14.2 Å². The Morgan fingerprint density at radius 1 is 1.06 bits per heavy atom. The number of Topliss-reactive ketones (excluding diaryl/α,β-unsaturated/α-hetero) is 1. The molecule has 0 unspecified atom stereocenters. The average Bonchev–Trinajstić information content (AvgIpc) is 3.10. The van der Waals surface area contributed by atoms with Crippen molar-refractivity contribution < 1.29 is 28.9 Å². The molecule has 34 heavy (non-hydrogen) atoms. The van der Waals surface area contributed by atoms with E-state index in [2.05, 4.69) is 0 Å². The van der Waals surface area contributed by atoms with E-state index in [1.54, 1.807) is 42.5 Å². The summed E-state index contributed by atoms with van der Waals surface area (Å²) in [4.78, 5) is 29.7. The third-order valence-electron chi connectivity index (χ3n) is 5.64. The van der Waals surface area contributed by atoms with Gasteiger partial charge in [0.15, 0.2) is 11.5 Å². The van der Waals surface area contributed by atoms with Gasteiger partial charge in [0.05, 0.1) is 32.4 Å². The van der Waals surface area contributed by atoms with E-state index in [0.29, 0.717) is 48.1 Å². The number of rotatable bonds is 10. The van der Waals surface area contributed by atoms with Crippen LogP contribution in [0.3, 0.4) is 0 Å². The number of ether oxygens (including phenoxy) is 3. The maximum absolute atomic E-state index is 13.2. The van der Waals surface area contributed by atoms with E-state index < -0.39 is 17.7 Å². The summed E-state index contributed by atoms with van der Waals surface area (Å²) >= 11 is 0. The number of hydrogen-bond donors (Lipinski definition) is 1. The number of benzene rings is 2. The number of nitrogens with zero attached hydrogens (tertiary/aromatic N) is 2. The third-order valence-corrected chi connectivity index (χ3v) is 5.64. The lowest BCUT2D eigenvalue weighted by molar-refractivity contribution is -0.140. The third kappa shape index (κ3) is 5.17. The number of amides is 1. The first-order valence-corrected chi connectivity index (χ1v) is 11.2. The van der Waals surface area contributed by atoms with Gasteiger partial charge in [-0.05, 0) is 50.3 Å². The van der Waals surface area contributed by atoms with Crippen LogP contribution in [0, 0.1) is 0 Å². The molecule has 1 atom stereocenters. The molecule has 0 spiro atoms. The van der Waals surface area contributed by atoms with Crippen molar-refractivity contribution in [2.75, 3.05) is 48.0 Å². The van der Waals surface area contributed by atoms with E-state index in [1.807, 2.05) is 25.9 Å².